The van der Waals surface area contributed by atoms with Crippen LogP contribution in [0.5, 0.6) is 0 Å². The normalized spacial score (nSPS) is 10.2. The van der Waals surface area contributed by atoms with Crippen molar-refractivity contribution in [2.75, 3.05) is 18.4 Å². The summed E-state index contributed by atoms with van der Waals surface area (Å²) in [5.74, 6) is 1.50. The minimum Gasteiger partial charge on any atom is -0.396 e. The summed E-state index contributed by atoms with van der Waals surface area (Å²) in [5, 5.41) is 8.33. The van der Waals surface area contributed by atoms with Gasteiger partial charge in [-0.15, -0.1) is 23.2 Å². The van der Waals surface area contributed by atoms with E-state index in [1.54, 1.807) is 0 Å². The van der Waals surface area contributed by atoms with E-state index >= 15 is 0 Å². The Morgan fingerprint density at radius 1 is 0.923 bits per heavy atom. The largest absolute Gasteiger partial charge is 0.396 e. The monoisotopic (exact) mass is 264 g/mol. The first-order chi connectivity index (χ1) is 6.33. The van der Waals surface area contributed by atoms with E-state index in [1.165, 1.54) is 0 Å². The minimum atomic E-state index is -0.246. The van der Waals surface area contributed by atoms with Gasteiger partial charge in [-0.05, 0) is 18.9 Å². The molecule has 0 atom stereocenters. The van der Waals surface area contributed by atoms with Gasteiger partial charge in [0.15, 0.2) is 0 Å². The Kier molecular flexibility index (Phi) is 23.8. The zero-order valence-corrected chi connectivity index (χ0v) is 11.6. The highest BCUT2D eigenvalue weighted by Gasteiger charge is 1.84. The maximum Gasteiger partial charge on any atom is 0.126 e. The van der Waals surface area contributed by atoms with Gasteiger partial charge in [-0.1, -0.05) is 12.8 Å². The van der Waals surface area contributed by atoms with Gasteiger partial charge in [0.05, 0.1) is 0 Å². The Hall–Kier alpha value is 1.05. The molecule has 0 aromatic rings. The predicted octanol–water partition coefficient (Wildman–Crippen LogP) is 2.74. The van der Waals surface area contributed by atoms with Crippen molar-refractivity contribution in [3.63, 3.8) is 0 Å². The van der Waals surface area contributed by atoms with Crippen molar-refractivity contribution in [2.45, 2.75) is 31.7 Å². The molecule has 82 valence electrons. The van der Waals surface area contributed by atoms with E-state index in [0.717, 1.165) is 43.5 Å². The number of unbranched alkanes of at least 4 members (excludes halogenated alkanes) is 3. The molecule has 0 spiro atoms. The Morgan fingerprint density at radius 2 is 1.54 bits per heavy atom. The van der Waals surface area contributed by atoms with Crippen LogP contribution in [-0.4, -0.2) is 32.3 Å². The van der Waals surface area contributed by atoms with Crippen LogP contribution in [0.25, 0.3) is 0 Å². The molecule has 0 fully saturated rings. The molecule has 0 bridgehead atoms. The summed E-state index contributed by atoms with van der Waals surface area (Å²) >= 11 is 16.0. The summed E-state index contributed by atoms with van der Waals surface area (Å²) < 4.78 is 0. The summed E-state index contributed by atoms with van der Waals surface area (Å²) in [6.45, 7) is 0.322. The van der Waals surface area contributed by atoms with E-state index in [0.29, 0.717) is 6.61 Å². The molecule has 0 aliphatic carbocycles. The zero-order valence-electron chi connectivity index (χ0n) is 7.95. The number of halogens is 3. The van der Waals surface area contributed by atoms with Crippen LogP contribution in [0.15, 0.2) is 0 Å². The topological polar surface area (TPSA) is 20.2 Å². The molecule has 0 aromatic heterocycles. The van der Waals surface area contributed by atoms with Crippen LogP contribution in [0.3, 0.4) is 0 Å². The highest BCUT2D eigenvalue weighted by atomic mass is 35.6. The van der Waals surface area contributed by atoms with Crippen LogP contribution < -0.4 is 0 Å². The Balaban J connectivity index is 0. The number of rotatable bonds is 7. The van der Waals surface area contributed by atoms with Gasteiger partial charge in [0.1, 0.15) is 8.83 Å². The SMILES string of the molecule is ClCC[SiH2]Cl.OCCCCCCCl. The number of alkyl halides is 2. The van der Waals surface area contributed by atoms with Crippen molar-refractivity contribution in [3.8, 4) is 0 Å². The lowest BCUT2D eigenvalue weighted by molar-refractivity contribution is 0.283. The molecule has 1 N–H and O–H groups in total. The predicted molar refractivity (Wildman–Crippen MR) is 66.2 cm³/mol. The van der Waals surface area contributed by atoms with Gasteiger partial charge in [-0.2, -0.15) is 11.1 Å². The highest BCUT2D eigenvalue weighted by Crippen LogP contribution is 1.99. The van der Waals surface area contributed by atoms with E-state index < -0.39 is 0 Å². The third kappa shape index (κ3) is 24.6. The fourth-order valence-corrected chi connectivity index (χ4v) is 2.11. The van der Waals surface area contributed by atoms with Gasteiger partial charge >= 0.3 is 0 Å². The average Bonchev–Trinajstić information content (AvgIpc) is 2.15. The lowest BCUT2D eigenvalue weighted by Crippen LogP contribution is -1.82. The minimum absolute atomic E-state index is 0.246. The highest BCUT2D eigenvalue weighted by molar-refractivity contribution is 6.93. The zero-order chi connectivity index (χ0) is 10.4. The van der Waals surface area contributed by atoms with Crippen LogP contribution in [0, 0.1) is 0 Å². The molecule has 0 saturated heterocycles. The number of hydrogen-bond donors (Lipinski definition) is 1. The lowest BCUT2D eigenvalue weighted by atomic mass is 10.2. The molecule has 0 aromatic carbocycles. The van der Waals surface area contributed by atoms with Crippen LogP contribution in [-0.2, 0) is 0 Å². The van der Waals surface area contributed by atoms with Crippen molar-refractivity contribution >= 4 is 43.1 Å². The summed E-state index contributed by atoms with van der Waals surface area (Å²) in [6.07, 6.45) is 4.28. The Bertz CT molecular complexity index is 68.4. The average molecular weight is 266 g/mol. The second-order valence-electron chi connectivity index (χ2n) is 2.56. The first kappa shape index (κ1) is 16.5. The molecule has 0 amide bonds. The summed E-state index contributed by atoms with van der Waals surface area (Å²) in [5.41, 5.74) is 0. The Morgan fingerprint density at radius 3 is 1.85 bits per heavy atom. The van der Waals surface area contributed by atoms with Crippen molar-refractivity contribution in [1.82, 2.24) is 0 Å². The summed E-state index contributed by atoms with van der Waals surface area (Å²) in [4.78, 5) is 0. The van der Waals surface area contributed by atoms with Gasteiger partial charge in [0.25, 0.3) is 0 Å². The van der Waals surface area contributed by atoms with Gasteiger partial charge in [-0.25, -0.2) is 0 Å². The van der Waals surface area contributed by atoms with Crippen LogP contribution in [0.4, 0.5) is 0 Å². The third-order valence-corrected chi connectivity index (χ3v) is 3.71. The number of hydrogen-bond acceptors (Lipinski definition) is 1. The molecule has 0 unspecified atom stereocenters. The van der Waals surface area contributed by atoms with Gasteiger partial charge in [-0.3, -0.25) is 0 Å². The van der Waals surface area contributed by atoms with Gasteiger partial charge in [0.2, 0.25) is 0 Å². The van der Waals surface area contributed by atoms with Crippen LogP contribution >= 0.6 is 34.3 Å². The first-order valence-corrected chi connectivity index (χ1v) is 8.83. The summed E-state index contributed by atoms with van der Waals surface area (Å²) in [7, 11) is -0.246. The molecular weight excluding hydrogens is 247 g/mol. The van der Waals surface area contributed by atoms with E-state index in [1.807, 2.05) is 0 Å². The molecular formula is C8H19Cl3OSi. The Labute approximate surface area is 98.3 Å². The maximum absolute atomic E-state index is 8.33. The van der Waals surface area contributed by atoms with Gasteiger partial charge < -0.3 is 5.11 Å². The molecule has 13 heavy (non-hydrogen) atoms. The third-order valence-electron chi connectivity index (χ3n) is 1.31. The first-order valence-electron chi connectivity index (χ1n) is 4.62. The second-order valence-corrected chi connectivity index (χ2v) is 5.53. The van der Waals surface area contributed by atoms with E-state index in [9.17, 15) is 0 Å². The summed E-state index contributed by atoms with van der Waals surface area (Å²) in [6, 6.07) is 1.06. The van der Waals surface area contributed by atoms with Crippen molar-refractivity contribution in [2.24, 2.45) is 0 Å². The molecule has 0 heterocycles. The molecule has 0 aliphatic heterocycles. The fraction of sp³-hybridized carbons (Fsp3) is 1.00. The van der Waals surface area contributed by atoms with E-state index in [2.05, 4.69) is 0 Å². The molecule has 0 saturated carbocycles. The van der Waals surface area contributed by atoms with Crippen LogP contribution in [0.1, 0.15) is 25.7 Å². The molecule has 1 nitrogen and oxygen atoms in total. The molecule has 0 aliphatic rings. The molecule has 0 radical (unpaired) electrons. The van der Waals surface area contributed by atoms with Crippen LogP contribution in [0.2, 0.25) is 6.04 Å². The van der Waals surface area contributed by atoms with E-state index in [4.69, 9.17) is 39.4 Å². The maximum atomic E-state index is 8.33. The van der Waals surface area contributed by atoms with Crippen molar-refractivity contribution in [3.05, 3.63) is 0 Å². The standard InChI is InChI=1S/C6H13ClO.C2H6Cl2Si/c7-5-3-1-2-4-6-8;3-1-2-5-4/h8H,1-6H2;1-2,5H2. The lowest BCUT2D eigenvalue weighted by Gasteiger charge is -1.92. The number of aliphatic hydroxyl groups excluding tert-OH is 1. The van der Waals surface area contributed by atoms with Gasteiger partial charge in [0, 0.05) is 18.4 Å². The smallest absolute Gasteiger partial charge is 0.126 e. The quantitative estimate of drug-likeness (QED) is 0.325. The fourth-order valence-electron chi connectivity index (χ4n) is 0.610. The molecule has 0 rings (SSSR count). The van der Waals surface area contributed by atoms with Crippen molar-refractivity contribution < 1.29 is 5.11 Å². The van der Waals surface area contributed by atoms with E-state index in [-0.39, 0.29) is 8.83 Å². The second kappa shape index (κ2) is 18.8. The molecule has 5 heteroatoms. The number of aliphatic hydroxyl groups is 1. The van der Waals surface area contributed by atoms with Crippen molar-refractivity contribution in [1.29, 1.82) is 0 Å².